The van der Waals surface area contributed by atoms with Gasteiger partial charge in [0.2, 0.25) is 5.88 Å². The number of thiophene rings is 1. The predicted octanol–water partition coefficient (Wildman–Crippen LogP) is 2.53. The van der Waals surface area contributed by atoms with Crippen LogP contribution in [0.1, 0.15) is 20.9 Å². The second-order valence-electron chi connectivity index (χ2n) is 4.36. The summed E-state index contributed by atoms with van der Waals surface area (Å²) in [5.41, 5.74) is 1.12. The number of carbonyl (C=O) groups excluding carboxylic acids is 1. The number of sulfonamides is 1. The molecule has 120 valence electrons. The van der Waals surface area contributed by atoms with E-state index in [1.807, 2.05) is 0 Å². The molecule has 2 heterocycles. The molecular weight excluding hydrogens is 352 g/mol. The highest BCUT2D eigenvalue weighted by Gasteiger charge is 2.33. The van der Waals surface area contributed by atoms with Gasteiger partial charge in [-0.05, 0) is 36.9 Å². The minimum atomic E-state index is -4.08. The Hall–Kier alpha value is -1.42. The first-order chi connectivity index (χ1) is 10.3. The van der Waals surface area contributed by atoms with Gasteiger partial charge in [-0.15, -0.1) is 11.3 Å². The molecule has 0 radical (unpaired) electrons. The number of ether oxygens (including phenoxy) is 1. The number of hydrogen-bond donors (Lipinski definition) is 0. The number of aromatic nitrogens is 1. The summed E-state index contributed by atoms with van der Waals surface area (Å²) in [4.78, 5) is 11.1. The minimum absolute atomic E-state index is 0.0403. The van der Waals surface area contributed by atoms with Gasteiger partial charge < -0.3 is 9.26 Å². The molecule has 0 aromatic carbocycles. The largest absolute Gasteiger partial charge is 0.363 e. The standard InChI is InChI=1S/C12H13ClN2O5S2/c1-7-8(2)14-20-12(7)15(6-19-3)22(17,18)9-4-5-21-10(9)11(13)16/h4-5H,6H2,1-3H3. The summed E-state index contributed by atoms with van der Waals surface area (Å²) in [6.07, 6.45) is 0. The fourth-order valence-corrected chi connectivity index (χ4v) is 4.65. The molecule has 0 unspecified atom stereocenters. The Morgan fingerprint density at radius 1 is 1.50 bits per heavy atom. The van der Waals surface area contributed by atoms with Crippen LogP contribution < -0.4 is 4.31 Å². The van der Waals surface area contributed by atoms with Crippen LogP contribution in [0.5, 0.6) is 0 Å². The number of halogens is 1. The summed E-state index contributed by atoms with van der Waals surface area (Å²) >= 11 is 6.39. The highest BCUT2D eigenvalue weighted by atomic mass is 35.5. The second-order valence-corrected chi connectivity index (χ2v) is 7.45. The first-order valence-electron chi connectivity index (χ1n) is 6.02. The van der Waals surface area contributed by atoms with E-state index in [2.05, 4.69) is 5.16 Å². The van der Waals surface area contributed by atoms with Crippen molar-refractivity contribution in [1.82, 2.24) is 5.16 Å². The van der Waals surface area contributed by atoms with E-state index in [1.54, 1.807) is 13.8 Å². The minimum Gasteiger partial charge on any atom is -0.363 e. The van der Waals surface area contributed by atoms with Crippen molar-refractivity contribution in [3.05, 3.63) is 27.6 Å². The van der Waals surface area contributed by atoms with Gasteiger partial charge >= 0.3 is 0 Å². The van der Waals surface area contributed by atoms with Crippen LogP contribution in [0.15, 0.2) is 20.9 Å². The van der Waals surface area contributed by atoms with Crippen molar-refractivity contribution in [2.45, 2.75) is 18.7 Å². The van der Waals surface area contributed by atoms with Gasteiger partial charge in [-0.3, -0.25) is 4.79 Å². The Balaban J connectivity index is 2.58. The van der Waals surface area contributed by atoms with E-state index in [0.29, 0.717) is 11.3 Å². The van der Waals surface area contributed by atoms with Crippen LogP contribution in [0.3, 0.4) is 0 Å². The Kier molecular flexibility index (Phi) is 4.90. The normalized spacial score (nSPS) is 11.6. The fraction of sp³-hybridized carbons (Fsp3) is 0.333. The summed E-state index contributed by atoms with van der Waals surface area (Å²) in [5.74, 6) is 0.0403. The van der Waals surface area contributed by atoms with Crippen molar-refractivity contribution in [2.24, 2.45) is 0 Å². The molecule has 2 aromatic heterocycles. The average Bonchev–Trinajstić information content (AvgIpc) is 3.06. The first-order valence-corrected chi connectivity index (χ1v) is 8.72. The third kappa shape index (κ3) is 2.89. The highest BCUT2D eigenvalue weighted by Crippen LogP contribution is 2.32. The van der Waals surface area contributed by atoms with Gasteiger partial charge in [0.1, 0.15) is 16.5 Å². The van der Waals surface area contributed by atoms with Crippen LogP contribution in [-0.4, -0.2) is 32.7 Å². The number of aryl methyl sites for hydroxylation is 1. The summed E-state index contributed by atoms with van der Waals surface area (Å²) < 4.78 is 36.6. The van der Waals surface area contributed by atoms with Gasteiger partial charge in [-0.2, -0.15) is 0 Å². The van der Waals surface area contributed by atoms with Crippen molar-refractivity contribution < 1.29 is 22.5 Å². The smallest absolute Gasteiger partial charge is 0.270 e. The van der Waals surface area contributed by atoms with Gasteiger partial charge in [0.15, 0.2) is 0 Å². The van der Waals surface area contributed by atoms with Gasteiger partial charge in [0.25, 0.3) is 15.3 Å². The third-order valence-electron chi connectivity index (χ3n) is 2.98. The molecule has 2 aromatic rings. The highest BCUT2D eigenvalue weighted by molar-refractivity contribution is 7.93. The van der Waals surface area contributed by atoms with Crippen LogP contribution in [0.25, 0.3) is 0 Å². The van der Waals surface area contributed by atoms with Crippen LogP contribution in [0.4, 0.5) is 5.88 Å². The van der Waals surface area contributed by atoms with Crippen molar-refractivity contribution in [1.29, 1.82) is 0 Å². The monoisotopic (exact) mass is 364 g/mol. The Morgan fingerprint density at radius 2 is 2.18 bits per heavy atom. The van der Waals surface area contributed by atoms with Crippen molar-refractivity contribution in [2.75, 3.05) is 18.1 Å². The summed E-state index contributed by atoms with van der Waals surface area (Å²) in [5, 5.41) is 4.39. The number of carbonyl (C=O) groups is 1. The summed E-state index contributed by atoms with van der Waals surface area (Å²) in [6, 6.07) is 1.32. The number of hydrogen-bond acceptors (Lipinski definition) is 7. The van der Waals surface area contributed by atoms with Gasteiger partial charge in [0, 0.05) is 12.7 Å². The van der Waals surface area contributed by atoms with Crippen LogP contribution >= 0.6 is 22.9 Å². The zero-order chi connectivity index (χ0) is 16.5. The molecule has 0 saturated carbocycles. The van der Waals surface area contributed by atoms with Crippen LogP contribution in [0.2, 0.25) is 0 Å². The molecule has 0 aliphatic heterocycles. The van der Waals surface area contributed by atoms with Crippen LogP contribution in [-0.2, 0) is 14.8 Å². The lowest BCUT2D eigenvalue weighted by molar-refractivity contribution is 0.108. The molecular formula is C12H13ClN2O5S2. The molecule has 0 saturated heterocycles. The number of anilines is 1. The SMILES string of the molecule is COCN(c1onc(C)c1C)S(=O)(=O)c1ccsc1C(=O)Cl. The molecule has 0 aliphatic rings. The maximum absolute atomic E-state index is 12.8. The quantitative estimate of drug-likeness (QED) is 0.578. The van der Waals surface area contributed by atoms with Gasteiger partial charge in [-0.25, -0.2) is 12.7 Å². The van der Waals surface area contributed by atoms with Gasteiger partial charge in [0.05, 0.1) is 5.69 Å². The zero-order valence-electron chi connectivity index (χ0n) is 12.0. The maximum Gasteiger partial charge on any atom is 0.270 e. The molecule has 7 nitrogen and oxygen atoms in total. The zero-order valence-corrected chi connectivity index (χ0v) is 14.4. The molecule has 0 fully saturated rings. The molecule has 0 aliphatic carbocycles. The molecule has 0 amide bonds. The van der Waals surface area contributed by atoms with Gasteiger partial charge in [-0.1, -0.05) is 5.16 Å². The van der Waals surface area contributed by atoms with Crippen molar-refractivity contribution in [3.63, 3.8) is 0 Å². The van der Waals surface area contributed by atoms with E-state index in [-0.39, 0.29) is 22.4 Å². The first kappa shape index (κ1) is 16.9. The molecule has 10 heteroatoms. The third-order valence-corrected chi connectivity index (χ3v) is 6.07. The molecule has 0 N–H and O–H groups in total. The van der Waals surface area contributed by atoms with Crippen molar-refractivity contribution >= 4 is 44.1 Å². The Bertz CT molecular complexity index is 796. The predicted molar refractivity (Wildman–Crippen MR) is 82.0 cm³/mol. The van der Waals surface area contributed by atoms with E-state index >= 15 is 0 Å². The lowest BCUT2D eigenvalue weighted by Crippen LogP contribution is -2.33. The summed E-state index contributed by atoms with van der Waals surface area (Å²) in [6.45, 7) is 3.09. The topological polar surface area (TPSA) is 89.7 Å². The van der Waals surface area contributed by atoms with E-state index in [1.165, 1.54) is 18.6 Å². The molecule has 0 atom stereocenters. The maximum atomic E-state index is 12.8. The Morgan fingerprint density at radius 3 is 2.68 bits per heavy atom. The molecule has 22 heavy (non-hydrogen) atoms. The number of rotatable bonds is 6. The number of nitrogens with zero attached hydrogens (tertiary/aromatic N) is 2. The van der Waals surface area contributed by atoms with E-state index in [4.69, 9.17) is 20.9 Å². The van der Waals surface area contributed by atoms with Crippen molar-refractivity contribution in [3.8, 4) is 0 Å². The fourth-order valence-electron chi connectivity index (χ4n) is 1.75. The second kappa shape index (κ2) is 6.37. The van der Waals surface area contributed by atoms with E-state index in [0.717, 1.165) is 15.6 Å². The molecule has 2 rings (SSSR count). The van der Waals surface area contributed by atoms with E-state index in [9.17, 15) is 13.2 Å². The average molecular weight is 365 g/mol. The lowest BCUT2D eigenvalue weighted by atomic mass is 10.3. The van der Waals surface area contributed by atoms with E-state index < -0.39 is 15.3 Å². The summed E-state index contributed by atoms with van der Waals surface area (Å²) in [7, 11) is -2.73. The Labute approximate surface area is 136 Å². The lowest BCUT2D eigenvalue weighted by Gasteiger charge is -2.20. The van der Waals surface area contributed by atoms with Crippen LogP contribution in [0, 0.1) is 13.8 Å². The molecule has 0 bridgehead atoms. The number of methoxy groups -OCH3 is 1. The molecule has 0 spiro atoms.